The van der Waals surface area contributed by atoms with E-state index in [0.717, 1.165) is 6.42 Å². The van der Waals surface area contributed by atoms with Crippen molar-refractivity contribution in [2.45, 2.75) is 13.3 Å². The second kappa shape index (κ2) is 6.64. The van der Waals surface area contributed by atoms with E-state index in [1.54, 1.807) is 0 Å². The molecule has 1 rings (SSSR count). The van der Waals surface area contributed by atoms with Crippen molar-refractivity contribution >= 4 is 34.8 Å². The fraction of sp³-hybridized carbons (Fsp3) is 0.300. The van der Waals surface area contributed by atoms with Gasteiger partial charge < -0.3 is 5.32 Å². The Labute approximate surface area is 109 Å². The summed E-state index contributed by atoms with van der Waals surface area (Å²) in [6.45, 7) is 2.61. The van der Waals surface area contributed by atoms with Gasteiger partial charge in [0.05, 0.1) is 10.0 Å². The van der Waals surface area contributed by atoms with Gasteiger partial charge in [0, 0.05) is 12.2 Å². The molecular formula is C10H13Cl2FN4. The van der Waals surface area contributed by atoms with Gasteiger partial charge in [-0.3, -0.25) is 10.4 Å². The highest BCUT2D eigenvalue weighted by Gasteiger charge is 2.08. The van der Waals surface area contributed by atoms with Gasteiger partial charge in [-0.25, -0.2) is 10.2 Å². The van der Waals surface area contributed by atoms with E-state index >= 15 is 0 Å². The van der Waals surface area contributed by atoms with Crippen molar-refractivity contribution < 1.29 is 4.39 Å². The predicted octanol–water partition coefficient (Wildman–Crippen LogP) is 2.77. The van der Waals surface area contributed by atoms with Crippen LogP contribution in [0, 0.1) is 5.82 Å². The molecule has 0 saturated carbocycles. The Morgan fingerprint density at radius 3 is 2.47 bits per heavy atom. The molecule has 0 bridgehead atoms. The van der Waals surface area contributed by atoms with Crippen LogP contribution in [-0.4, -0.2) is 12.5 Å². The third-order valence-electron chi connectivity index (χ3n) is 1.88. The van der Waals surface area contributed by atoms with Gasteiger partial charge >= 0.3 is 0 Å². The first-order chi connectivity index (χ1) is 8.08. The number of nitrogens with one attached hydrogen (secondary N) is 2. The molecule has 17 heavy (non-hydrogen) atoms. The molecule has 4 nitrogen and oxygen atoms in total. The van der Waals surface area contributed by atoms with Gasteiger partial charge in [0.1, 0.15) is 0 Å². The van der Waals surface area contributed by atoms with E-state index in [-0.39, 0.29) is 10.0 Å². The minimum absolute atomic E-state index is 0.0631. The fourth-order valence-electron chi connectivity index (χ4n) is 1.11. The molecule has 0 aromatic heterocycles. The summed E-state index contributed by atoms with van der Waals surface area (Å²) in [7, 11) is 0. The summed E-state index contributed by atoms with van der Waals surface area (Å²) in [5.74, 6) is 5.00. The number of nitrogens with two attached hydrogens (primary N) is 1. The molecule has 0 fully saturated rings. The van der Waals surface area contributed by atoms with Crippen LogP contribution in [0.4, 0.5) is 10.1 Å². The number of guanidine groups is 1. The van der Waals surface area contributed by atoms with Crippen molar-refractivity contribution in [1.29, 1.82) is 0 Å². The number of anilines is 1. The van der Waals surface area contributed by atoms with Crippen LogP contribution in [0.1, 0.15) is 13.3 Å². The summed E-state index contributed by atoms with van der Waals surface area (Å²) < 4.78 is 13.2. The Bertz CT molecular complexity index is 400. The van der Waals surface area contributed by atoms with Gasteiger partial charge in [-0.1, -0.05) is 30.1 Å². The first kappa shape index (κ1) is 14.0. The molecule has 0 saturated heterocycles. The number of benzene rings is 1. The van der Waals surface area contributed by atoms with Crippen LogP contribution in [0.2, 0.25) is 10.0 Å². The normalized spacial score (nSPS) is 11.5. The molecule has 0 aliphatic heterocycles. The Kier molecular flexibility index (Phi) is 5.47. The number of hydrazine groups is 1. The SMILES string of the molecule is CCCN=C(NN)Nc1cc(Cl)c(F)c(Cl)c1. The Morgan fingerprint density at radius 1 is 1.41 bits per heavy atom. The van der Waals surface area contributed by atoms with E-state index < -0.39 is 5.82 Å². The summed E-state index contributed by atoms with van der Waals surface area (Å²) in [6, 6.07) is 2.81. The molecule has 94 valence electrons. The van der Waals surface area contributed by atoms with Gasteiger partial charge in [0.25, 0.3) is 0 Å². The number of aliphatic imine (C=N–C) groups is 1. The van der Waals surface area contributed by atoms with Crippen molar-refractivity contribution in [2.24, 2.45) is 10.8 Å². The maximum Gasteiger partial charge on any atom is 0.210 e. The van der Waals surface area contributed by atoms with E-state index in [4.69, 9.17) is 29.0 Å². The number of rotatable bonds is 3. The molecule has 0 spiro atoms. The van der Waals surface area contributed by atoms with E-state index in [1.165, 1.54) is 12.1 Å². The topological polar surface area (TPSA) is 62.4 Å². The quantitative estimate of drug-likeness (QED) is 0.262. The molecule has 0 aliphatic carbocycles. The van der Waals surface area contributed by atoms with Crippen LogP contribution in [-0.2, 0) is 0 Å². The fourth-order valence-corrected chi connectivity index (χ4v) is 1.60. The summed E-state index contributed by atoms with van der Waals surface area (Å²) >= 11 is 11.3. The predicted molar refractivity (Wildman–Crippen MR) is 70.0 cm³/mol. The molecule has 0 unspecified atom stereocenters. The zero-order chi connectivity index (χ0) is 12.8. The summed E-state index contributed by atoms with van der Waals surface area (Å²) in [6.07, 6.45) is 0.887. The summed E-state index contributed by atoms with van der Waals surface area (Å²) in [4.78, 5) is 4.13. The van der Waals surface area contributed by atoms with Crippen LogP contribution in [0.15, 0.2) is 17.1 Å². The van der Waals surface area contributed by atoms with Crippen molar-refractivity contribution in [3.63, 3.8) is 0 Å². The molecule has 0 amide bonds. The smallest absolute Gasteiger partial charge is 0.210 e. The lowest BCUT2D eigenvalue weighted by atomic mass is 10.3. The summed E-state index contributed by atoms with van der Waals surface area (Å²) in [5.41, 5.74) is 2.91. The lowest BCUT2D eigenvalue weighted by Crippen LogP contribution is -2.36. The third-order valence-corrected chi connectivity index (χ3v) is 2.43. The van der Waals surface area contributed by atoms with Crippen molar-refractivity contribution in [3.05, 3.63) is 28.0 Å². The molecule has 1 aromatic carbocycles. The third kappa shape index (κ3) is 4.03. The highest BCUT2D eigenvalue weighted by atomic mass is 35.5. The van der Waals surface area contributed by atoms with E-state index in [0.29, 0.717) is 18.2 Å². The Hall–Kier alpha value is -1.04. The van der Waals surface area contributed by atoms with Gasteiger partial charge in [0.15, 0.2) is 5.82 Å². The van der Waals surface area contributed by atoms with Crippen LogP contribution in [0.25, 0.3) is 0 Å². The molecule has 7 heteroatoms. The zero-order valence-electron chi connectivity index (χ0n) is 9.23. The molecule has 1 aromatic rings. The van der Waals surface area contributed by atoms with Gasteiger partial charge in [-0.2, -0.15) is 0 Å². The molecule has 4 N–H and O–H groups in total. The highest BCUT2D eigenvalue weighted by Crippen LogP contribution is 2.27. The second-order valence-corrected chi connectivity index (χ2v) is 4.07. The first-order valence-corrected chi connectivity index (χ1v) is 5.76. The largest absolute Gasteiger partial charge is 0.325 e. The molecular weight excluding hydrogens is 266 g/mol. The Morgan fingerprint density at radius 2 is 2.00 bits per heavy atom. The zero-order valence-corrected chi connectivity index (χ0v) is 10.7. The summed E-state index contributed by atoms with van der Waals surface area (Å²) in [5, 5.41) is 2.72. The average molecular weight is 279 g/mol. The number of hydrogen-bond acceptors (Lipinski definition) is 2. The monoisotopic (exact) mass is 278 g/mol. The van der Waals surface area contributed by atoms with Crippen molar-refractivity contribution in [1.82, 2.24) is 5.43 Å². The minimum atomic E-state index is -0.647. The first-order valence-electron chi connectivity index (χ1n) is 5.01. The van der Waals surface area contributed by atoms with Crippen LogP contribution < -0.4 is 16.6 Å². The van der Waals surface area contributed by atoms with Crippen LogP contribution in [0.5, 0.6) is 0 Å². The maximum atomic E-state index is 13.2. The highest BCUT2D eigenvalue weighted by molar-refractivity contribution is 6.35. The van der Waals surface area contributed by atoms with Gasteiger partial charge in [-0.15, -0.1) is 0 Å². The number of hydrogen-bond donors (Lipinski definition) is 3. The lowest BCUT2D eigenvalue weighted by molar-refractivity contribution is 0.629. The molecule has 0 aliphatic rings. The van der Waals surface area contributed by atoms with Crippen molar-refractivity contribution in [2.75, 3.05) is 11.9 Å². The number of halogens is 3. The van der Waals surface area contributed by atoms with Gasteiger partial charge in [-0.05, 0) is 18.6 Å². The van der Waals surface area contributed by atoms with E-state index in [1.807, 2.05) is 6.92 Å². The van der Waals surface area contributed by atoms with Crippen LogP contribution >= 0.6 is 23.2 Å². The van der Waals surface area contributed by atoms with Crippen LogP contribution in [0.3, 0.4) is 0 Å². The Balaban J connectivity index is 2.87. The minimum Gasteiger partial charge on any atom is -0.325 e. The second-order valence-electron chi connectivity index (χ2n) is 3.25. The maximum absolute atomic E-state index is 13.2. The van der Waals surface area contributed by atoms with E-state index in [2.05, 4.69) is 15.7 Å². The number of nitrogens with zero attached hydrogens (tertiary/aromatic N) is 1. The van der Waals surface area contributed by atoms with E-state index in [9.17, 15) is 4.39 Å². The van der Waals surface area contributed by atoms with Gasteiger partial charge in [0.2, 0.25) is 5.96 Å². The standard InChI is InChI=1S/C10H13Cl2FN4/c1-2-3-15-10(17-14)16-6-4-7(11)9(13)8(12)5-6/h4-5H,2-3,14H2,1H3,(H2,15,16,17). The van der Waals surface area contributed by atoms with Crippen molar-refractivity contribution in [3.8, 4) is 0 Å². The average Bonchev–Trinajstić information content (AvgIpc) is 2.31. The molecule has 0 heterocycles. The molecule has 0 radical (unpaired) electrons. The lowest BCUT2D eigenvalue weighted by Gasteiger charge is -2.10. The molecule has 0 atom stereocenters.